The van der Waals surface area contributed by atoms with E-state index in [9.17, 15) is 0 Å². The van der Waals surface area contributed by atoms with Crippen LogP contribution in [0.1, 0.15) is 28.9 Å². The lowest BCUT2D eigenvalue weighted by molar-refractivity contribution is 0.640. The standard InChI is InChI=1S/C15H21N3/c1-12-5-6-14(10-13(12)2)11-16-7-3-4-15-17-8-9-18-15/h5-6,8-10,16H,3-4,7,11H2,1-2H3,(H,17,18). The smallest absolute Gasteiger partial charge is 0.106 e. The van der Waals surface area contributed by atoms with Gasteiger partial charge < -0.3 is 10.3 Å². The molecular weight excluding hydrogens is 222 g/mol. The molecule has 0 radical (unpaired) electrons. The van der Waals surface area contributed by atoms with E-state index in [-0.39, 0.29) is 0 Å². The van der Waals surface area contributed by atoms with Crippen molar-refractivity contribution in [2.45, 2.75) is 33.2 Å². The summed E-state index contributed by atoms with van der Waals surface area (Å²) in [6.45, 7) is 6.28. The van der Waals surface area contributed by atoms with Gasteiger partial charge in [0.2, 0.25) is 0 Å². The predicted molar refractivity (Wildman–Crippen MR) is 74.5 cm³/mol. The lowest BCUT2D eigenvalue weighted by Crippen LogP contribution is -2.15. The molecule has 0 unspecified atom stereocenters. The van der Waals surface area contributed by atoms with E-state index in [4.69, 9.17) is 0 Å². The van der Waals surface area contributed by atoms with Gasteiger partial charge in [0.1, 0.15) is 5.82 Å². The number of aromatic amines is 1. The molecule has 0 amide bonds. The number of hydrogen-bond donors (Lipinski definition) is 2. The van der Waals surface area contributed by atoms with Crippen LogP contribution in [0.2, 0.25) is 0 Å². The van der Waals surface area contributed by atoms with Gasteiger partial charge in [0, 0.05) is 25.4 Å². The molecule has 2 rings (SSSR count). The SMILES string of the molecule is Cc1ccc(CNCCCc2ncc[nH]2)cc1C. The molecule has 0 atom stereocenters. The fraction of sp³-hybridized carbons (Fsp3) is 0.400. The molecule has 3 nitrogen and oxygen atoms in total. The first-order valence-electron chi connectivity index (χ1n) is 6.51. The molecule has 0 saturated carbocycles. The molecule has 0 spiro atoms. The number of imidazole rings is 1. The molecule has 18 heavy (non-hydrogen) atoms. The second-order valence-electron chi connectivity index (χ2n) is 4.73. The summed E-state index contributed by atoms with van der Waals surface area (Å²) < 4.78 is 0. The molecule has 1 heterocycles. The number of aromatic nitrogens is 2. The van der Waals surface area contributed by atoms with Crippen LogP contribution < -0.4 is 5.32 Å². The lowest BCUT2D eigenvalue weighted by atomic mass is 10.1. The molecule has 3 heteroatoms. The van der Waals surface area contributed by atoms with Crippen LogP contribution in [-0.2, 0) is 13.0 Å². The highest BCUT2D eigenvalue weighted by atomic mass is 14.9. The van der Waals surface area contributed by atoms with Crippen molar-refractivity contribution in [2.24, 2.45) is 0 Å². The molecule has 1 aromatic heterocycles. The predicted octanol–water partition coefficient (Wildman–Crippen LogP) is 2.75. The van der Waals surface area contributed by atoms with Gasteiger partial charge in [0.05, 0.1) is 0 Å². The van der Waals surface area contributed by atoms with Gasteiger partial charge in [-0.05, 0) is 43.5 Å². The van der Waals surface area contributed by atoms with Crippen molar-refractivity contribution < 1.29 is 0 Å². The highest BCUT2D eigenvalue weighted by molar-refractivity contribution is 5.29. The van der Waals surface area contributed by atoms with Crippen molar-refractivity contribution in [3.63, 3.8) is 0 Å². The number of benzene rings is 1. The van der Waals surface area contributed by atoms with Crippen LogP contribution in [0.15, 0.2) is 30.6 Å². The van der Waals surface area contributed by atoms with Gasteiger partial charge in [-0.1, -0.05) is 18.2 Å². The molecule has 0 aliphatic rings. The van der Waals surface area contributed by atoms with Crippen LogP contribution in [0.4, 0.5) is 0 Å². The van der Waals surface area contributed by atoms with Gasteiger partial charge in [-0.15, -0.1) is 0 Å². The summed E-state index contributed by atoms with van der Waals surface area (Å²) in [5.41, 5.74) is 4.08. The monoisotopic (exact) mass is 243 g/mol. The van der Waals surface area contributed by atoms with Crippen LogP contribution in [0.3, 0.4) is 0 Å². The zero-order valence-electron chi connectivity index (χ0n) is 11.2. The maximum atomic E-state index is 4.21. The first kappa shape index (κ1) is 12.8. The van der Waals surface area contributed by atoms with Crippen LogP contribution in [0.5, 0.6) is 0 Å². The van der Waals surface area contributed by atoms with Gasteiger partial charge in [-0.3, -0.25) is 0 Å². The minimum Gasteiger partial charge on any atom is -0.349 e. The second kappa shape index (κ2) is 6.36. The van der Waals surface area contributed by atoms with E-state index in [1.807, 2.05) is 6.20 Å². The van der Waals surface area contributed by atoms with Crippen molar-refractivity contribution >= 4 is 0 Å². The summed E-state index contributed by atoms with van der Waals surface area (Å²) >= 11 is 0. The van der Waals surface area contributed by atoms with Crippen molar-refractivity contribution in [1.29, 1.82) is 0 Å². The minimum atomic E-state index is 0.944. The molecule has 1 aromatic carbocycles. The Bertz CT molecular complexity index is 474. The maximum absolute atomic E-state index is 4.21. The molecule has 0 saturated heterocycles. The average molecular weight is 243 g/mol. The molecule has 0 fully saturated rings. The highest BCUT2D eigenvalue weighted by Gasteiger charge is 1.97. The largest absolute Gasteiger partial charge is 0.349 e. The van der Waals surface area contributed by atoms with Gasteiger partial charge >= 0.3 is 0 Å². The number of H-pyrrole nitrogens is 1. The summed E-state index contributed by atoms with van der Waals surface area (Å²) in [5.74, 6) is 1.07. The Hall–Kier alpha value is -1.61. The lowest BCUT2D eigenvalue weighted by Gasteiger charge is -2.07. The first-order chi connectivity index (χ1) is 8.75. The van der Waals surface area contributed by atoms with Crippen molar-refractivity contribution in [2.75, 3.05) is 6.54 Å². The second-order valence-corrected chi connectivity index (χ2v) is 4.73. The number of nitrogens with zero attached hydrogens (tertiary/aromatic N) is 1. The zero-order chi connectivity index (χ0) is 12.8. The van der Waals surface area contributed by atoms with Crippen LogP contribution in [0.25, 0.3) is 0 Å². The van der Waals surface area contributed by atoms with Crippen molar-refractivity contribution in [1.82, 2.24) is 15.3 Å². The minimum absolute atomic E-state index is 0.944. The van der Waals surface area contributed by atoms with E-state index in [0.717, 1.165) is 31.8 Å². The van der Waals surface area contributed by atoms with Crippen LogP contribution in [-0.4, -0.2) is 16.5 Å². The molecule has 2 aromatic rings. The number of nitrogens with one attached hydrogen (secondary N) is 2. The Morgan fingerprint density at radius 1 is 1.22 bits per heavy atom. The van der Waals surface area contributed by atoms with Crippen LogP contribution in [0, 0.1) is 13.8 Å². The molecular formula is C15H21N3. The summed E-state index contributed by atoms with van der Waals surface area (Å²) in [7, 11) is 0. The quantitative estimate of drug-likeness (QED) is 0.766. The Morgan fingerprint density at radius 3 is 2.83 bits per heavy atom. The third-order valence-electron chi connectivity index (χ3n) is 3.22. The fourth-order valence-electron chi connectivity index (χ4n) is 1.96. The van der Waals surface area contributed by atoms with E-state index < -0.39 is 0 Å². The maximum Gasteiger partial charge on any atom is 0.106 e. The molecule has 2 N–H and O–H groups in total. The summed E-state index contributed by atoms with van der Waals surface area (Å²) in [4.78, 5) is 7.33. The summed E-state index contributed by atoms with van der Waals surface area (Å²) in [5, 5.41) is 3.47. The van der Waals surface area contributed by atoms with Gasteiger partial charge in [-0.25, -0.2) is 4.98 Å². The molecule has 0 aliphatic carbocycles. The van der Waals surface area contributed by atoms with E-state index in [2.05, 4.69) is 47.3 Å². The normalized spacial score (nSPS) is 10.8. The molecule has 0 aliphatic heterocycles. The summed E-state index contributed by atoms with van der Waals surface area (Å²) in [6, 6.07) is 6.64. The van der Waals surface area contributed by atoms with E-state index >= 15 is 0 Å². The Balaban J connectivity index is 1.67. The van der Waals surface area contributed by atoms with Gasteiger partial charge in [-0.2, -0.15) is 0 Å². The van der Waals surface area contributed by atoms with Gasteiger partial charge in [0.25, 0.3) is 0 Å². The topological polar surface area (TPSA) is 40.7 Å². The Morgan fingerprint density at radius 2 is 2.11 bits per heavy atom. The zero-order valence-corrected chi connectivity index (χ0v) is 11.2. The first-order valence-corrected chi connectivity index (χ1v) is 6.51. The average Bonchev–Trinajstić information content (AvgIpc) is 2.86. The van der Waals surface area contributed by atoms with Gasteiger partial charge in [0.15, 0.2) is 0 Å². The third-order valence-corrected chi connectivity index (χ3v) is 3.22. The number of aryl methyl sites for hydroxylation is 3. The summed E-state index contributed by atoms with van der Waals surface area (Å²) in [6.07, 6.45) is 5.79. The Labute approximate surface area is 109 Å². The molecule has 0 bridgehead atoms. The number of rotatable bonds is 6. The fourth-order valence-corrected chi connectivity index (χ4v) is 1.96. The molecule has 96 valence electrons. The van der Waals surface area contributed by atoms with E-state index in [1.54, 1.807) is 6.20 Å². The highest BCUT2D eigenvalue weighted by Crippen LogP contribution is 2.09. The van der Waals surface area contributed by atoms with E-state index in [1.165, 1.54) is 16.7 Å². The van der Waals surface area contributed by atoms with E-state index in [0.29, 0.717) is 0 Å². The van der Waals surface area contributed by atoms with Crippen molar-refractivity contribution in [3.05, 3.63) is 53.1 Å². The van der Waals surface area contributed by atoms with Crippen LogP contribution >= 0.6 is 0 Å². The Kier molecular flexibility index (Phi) is 4.53. The third kappa shape index (κ3) is 3.70. The number of hydrogen-bond acceptors (Lipinski definition) is 2. The van der Waals surface area contributed by atoms with Crippen molar-refractivity contribution in [3.8, 4) is 0 Å².